The lowest BCUT2D eigenvalue weighted by atomic mass is 10.1. The van der Waals surface area contributed by atoms with Crippen molar-refractivity contribution in [2.24, 2.45) is 0 Å². The van der Waals surface area contributed by atoms with Gasteiger partial charge in [0.25, 0.3) is 0 Å². The molecule has 2 rings (SSSR count). The number of pyridine rings is 1. The summed E-state index contributed by atoms with van der Waals surface area (Å²) < 4.78 is 12.7. The average Bonchev–Trinajstić information content (AvgIpc) is 2.41. The maximum atomic E-state index is 12.7. The summed E-state index contributed by atoms with van der Waals surface area (Å²) in [4.78, 5) is 6.19. The molecule has 2 N–H and O–H groups in total. The summed E-state index contributed by atoms with van der Waals surface area (Å²) in [7, 11) is 0. The maximum absolute atomic E-state index is 12.7. The van der Waals surface area contributed by atoms with Gasteiger partial charge in [-0.1, -0.05) is 0 Å². The molecule has 0 unspecified atom stereocenters. The molecule has 74 valence electrons. The number of thiophene rings is 1. The highest BCUT2D eigenvalue weighted by Crippen LogP contribution is 2.34. The van der Waals surface area contributed by atoms with Crippen molar-refractivity contribution < 1.29 is 4.39 Å². The molecule has 0 saturated heterocycles. The zero-order valence-electron chi connectivity index (χ0n) is 8.10. The Balaban J connectivity index is 2.88. The van der Waals surface area contributed by atoms with Gasteiger partial charge in [0, 0.05) is 16.0 Å². The van der Waals surface area contributed by atoms with Crippen LogP contribution < -0.4 is 5.73 Å². The number of rotatable bonds is 1. The molecule has 14 heavy (non-hydrogen) atoms. The fourth-order valence-corrected chi connectivity index (χ4v) is 2.59. The van der Waals surface area contributed by atoms with Crippen molar-refractivity contribution in [3.63, 3.8) is 0 Å². The second-order valence-corrected chi connectivity index (χ2v) is 4.51. The van der Waals surface area contributed by atoms with E-state index in [0.29, 0.717) is 11.3 Å². The minimum absolute atomic E-state index is 0.486. The van der Waals surface area contributed by atoms with E-state index in [4.69, 9.17) is 5.73 Å². The number of nitrogen functional groups attached to an aromatic ring is 1. The Labute approximate surface area is 85.6 Å². The van der Waals surface area contributed by atoms with E-state index < -0.39 is 6.67 Å². The predicted octanol–water partition coefficient (Wildman–Crippen LogP) is 2.96. The number of aryl methyl sites for hydroxylation is 2. The molecule has 0 amide bonds. The quantitative estimate of drug-likeness (QED) is 0.786. The van der Waals surface area contributed by atoms with Gasteiger partial charge in [0.15, 0.2) is 0 Å². The summed E-state index contributed by atoms with van der Waals surface area (Å²) in [5.41, 5.74) is 8.03. The second kappa shape index (κ2) is 3.20. The Morgan fingerprint density at radius 1 is 1.50 bits per heavy atom. The van der Waals surface area contributed by atoms with E-state index in [-0.39, 0.29) is 0 Å². The monoisotopic (exact) mass is 210 g/mol. The van der Waals surface area contributed by atoms with E-state index in [1.54, 1.807) is 6.07 Å². The maximum Gasteiger partial charge on any atom is 0.126 e. The largest absolute Gasteiger partial charge is 0.397 e. The highest BCUT2D eigenvalue weighted by Gasteiger charge is 2.11. The van der Waals surface area contributed by atoms with Gasteiger partial charge >= 0.3 is 0 Å². The van der Waals surface area contributed by atoms with Gasteiger partial charge in [-0.2, -0.15) is 0 Å². The summed E-state index contributed by atoms with van der Waals surface area (Å²) in [6, 6.07) is 1.75. The number of hydrogen-bond acceptors (Lipinski definition) is 3. The number of nitrogens with zero attached hydrogens (tertiary/aromatic N) is 1. The zero-order valence-corrected chi connectivity index (χ0v) is 8.91. The number of halogens is 1. The smallest absolute Gasteiger partial charge is 0.126 e. The fraction of sp³-hybridized carbons (Fsp3) is 0.300. The van der Waals surface area contributed by atoms with Crippen LogP contribution in [0, 0.1) is 13.8 Å². The Morgan fingerprint density at radius 3 is 2.86 bits per heavy atom. The van der Waals surface area contributed by atoms with Crippen LogP contribution >= 0.6 is 11.3 Å². The molecule has 2 heterocycles. The molecule has 0 spiro atoms. The zero-order chi connectivity index (χ0) is 10.3. The molecule has 0 aliphatic carbocycles. The standard InChI is InChI=1S/C10H11FN2S/c1-5-3-7(4-11)8-9(12)6(2)14-10(8)13-5/h3H,4,12H2,1-2H3. The predicted molar refractivity (Wildman–Crippen MR) is 58.3 cm³/mol. The average molecular weight is 210 g/mol. The van der Waals surface area contributed by atoms with E-state index in [1.165, 1.54) is 11.3 Å². The van der Waals surface area contributed by atoms with E-state index in [2.05, 4.69) is 4.98 Å². The first-order valence-corrected chi connectivity index (χ1v) is 5.16. The topological polar surface area (TPSA) is 38.9 Å². The van der Waals surface area contributed by atoms with Gasteiger partial charge in [0.05, 0.1) is 5.69 Å². The van der Waals surface area contributed by atoms with Crippen molar-refractivity contribution in [2.75, 3.05) is 5.73 Å². The molecular formula is C10H11FN2S. The van der Waals surface area contributed by atoms with Crippen LogP contribution in [0.4, 0.5) is 10.1 Å². The molecule has 0 fully saturated rings. The van der Waals surface area contributed by atoms with Gasteiger partial charge in [-0.25, -0.2) is 9.37 Å². The number of hydrogen-bond donors (Lipinski definition) is 1. The molecule has 2 aromatic heterocycles. The Kier molecular flexibility index (Phi) is 2.15. The molecule has 2 nitrogen and oxygen atoms in total. The van der Waals surface area contributed by atoms with Gasteiger partial charge in [-0.15, -0.1) is 11.3 Å². The third-order valence-corrected chi connectivity index (χ3v) is 3.25. The Morgan fingerprint density at radius 2 is 2.21 bits per heavy atom. The molecule has 0 saturated carbocycles. The molecule has 2 aromatic rings. The van der Waals surface area contributed by atoms with Crippen molar-refractivity contribution >= 4 is 27.2 Å². The number of alkyl halides is 1. The molecule has 0 atom stereocenters. The molecule has 0 aliphatic heterocycles. The van der Waals surface area contributed by atoms with Crippen LogP contribution in [0.5, 0.6) is 0 Å². The first-order chi connectivity index (χ1) is 6.63. The summed E-state index contributed by atoms with van der Waals surface area (Å²) in [6.45, 7) is 3.31. The van der Waals surface area contributed by atoms with Gasteiger partial charge in [0.2, 0.25) is 0 Å². The third-order valence-electron chi connectivity index (χ3n) is 2.24. The number of aromatic nitrogens is 1. The number of anilines is 1. The van der Waals surface area contributed by atoms with Crippen LogP contribution in [-0.2, 0) is 6.67 Å². The van der Waals surface area contributed by atoms with Gasteiger partial charge in [0.1, 0.15) is 11.5 Å². The van der Waals surface area contributed by atoms with Crippen LogP contribution in [-0.4, -0.2) is 4.98 Å². The van der Waals surface area contributed by atoms with E-state index in [1.807, 2.05) is 13.8 Å². The SMILES string of the molecule is Cc1cc(CF)c2c(N)c(C)sc2n1. The van der Waals surface area contributed by atoms with Crippen molar-refractivity contribution in [1.82, 2.24) is 4.98 Å². The molecular weight excluding hydrogens is 199 g/mol. The van der Waals surface area contributed by atoms with Crippen molar-refractivity contribution in [1.29, 1.82) is 0 Å². The summed E-state index contributed by atoms with van der Waals surface area (Å²) >= 11 is 1.52. The van der Waals surface area contributed by atoms with E-state index in [0.717, 1.165) is 20.8 Å². The number of fused-ring (bicyclic) bond motifs is 1. The van der Waals surface area contributed by atoms with E-state index in [9.17, 15) is 4.39 Å². The van der Waals surface area contributed by atoms with Crippen molar-refractivity contribution in [3.05, 3.63) is 22.2 Å². The Hall–Kier alpha value is -1.16. The van der Waals surface area contributed by atoms with Crippen molar-refractivity contribution in [3.8, 4) is 0 Å². The third kappa shape index (κ3) is 1.26. The Bertz CT molecular complexity index is 490. The lowest BCUT2D eigenvalue weighted by molar-refractivity contribution is 0.487. The van der Waals surface area contributed by atoms with Crippen LogP contribution in [0.25, 0.3) is 10.2 Å². The van der Waals surface area contributed by atoms with Crippen LogP contribution in [0.2, 0.25) is 0 Å². The van der Waals surface area contributed by atoms with Gasteiger partial charge in [-0.3, -0.25) is 0 Å². The van der Waals surface area contributed by atoms with Gasteiger partial charge < -0.3 is 5.73 Å². The first kappa shape index (κ1) is 9.40. The molecule has 0 aliphatic rings. The summed E-state index contributed by atoms with van der Waals surface area (Å²) in [5, 5.41) is 0.792. The van der Waals surface area contributed by atoms with E-state index >= 15 is 0 Å². The lowest BCUT2D eigenvalue weighted by Gasteiger charge is -2.00. The molecule has 0 aromatic carbocycles. The summed E-state index contributed by atoms with van der Waals surface area (Å²) in [5.74, 6) is 0. The summed E-state index contributed by atoms with van der Waals surface area (Å²) in [6.07, 6.45) is 0. The highest BCUT2D eigenvalue weighted by atomic mass is 32.1. The highest BCUT2D eigenvalue weighted by molar-refractivity contribution is 7.19. The lowest BCUT2D eigenvalue weighted by Crippen LogP contribution is -1.91. The van der Waals surface area contributed by atoms with Gasteiger partial charge in [-0.05, 0) is 25.5 Å². The molecule has 0 radical (unpaired) electrons. The number of nitrogens with two attached hydrogens (primary N) is 1. The van der Waals surface area contributed by atoms with Crippen LogP contribution in [0.3, 0.4) is 0 Å². The van der Waals surface area contributed by atoms with Crippen molar-refractivity contribution in [2.45, 2.75) is 20.5 Å². The van der Waals surface area contributed by atoms with Crippen LogP contribution in [0.15, 0.2) is 6.07 Å². The normalized spacial score (nSPS) is 11.1. The minimum atomic E-state index is -0.486. The molecule has 0 bridgehead atoms. The fourth-order valence-electron chi connectivity index (χ4n) is 1.55. The van der Waals surface area contributed by atoms with Crippen LogP contribution in [0.1, 0.15) is 16.1 Å². The second-order valence-electron chi connectivity index (χ2n) is 3.31. The minimum Gasteiger partial charge on any atom is -0.397 e. The molecule has 4 heteroatoms. The first-order valence-electron chi connectivity index (χ1n) is 4.34.